The first-order valence-electron chi connectivity index (χ1n) is 8.48. The van der Waals surface area contributed by atoms with Crippen LogP contribution >= 0.6 is 0 Å². The number of ether oxygens (including phenoxy) is 1. The number of anilines is 1. The highest BCUT2D eigenvalue weighted by Crippen LogP contribution is 2.29. The zero-order chi connectivity index (χ0) is 18.3. The van der Waals surface area contributed by atoms with E-state index in [1.807, 2.05) is 18.7 Å². The van der Waals surface area contributed by atoms with E-state index in [-0.39, 0.29) is 24.8 Å². The van der Waals surface area contributed by atoms with Crippen LogP contribution in [-0.4, -0.2) is 61.0 Å². The van der Waals surface area contributed by atoms with Crippen molar-refractivity contribution >= 4 is 17.0 Å². The molecule has 26 heavy (non-hydrogen) atoms. The Kier molecular flexibility index (Phi) is 3.98. The third kappa shape index (κ3) is 3.07. The SMILES string of the molecule is CC(C)Oc1nc(N2CCC(O)C2)c2nnn(CC3(C)N=NN=N3)c2n1. The van der Waals surface area contributed by atoms with Gasteiger partial charge in [-0.25, -0.2) is 4.68 Å². The lowest BCUT2D eigenvalue weighted by molar-refractivity contribution is 0.198. The predicted octanol–water partition coefficient (Wildman–Crippen LogP) is 1.13. The smallest absolute Gasteiger partial charge is 0.320 e. The topological polar surface area (TPSA) is 139 Å². The number of fused-ring (bicyclic) bond motifs is 1. The second kappa shape index (κ2) is 6.20. The van der Waals surface area contributed by atoms with E-state index in [9.17, 15) is 5.11 Å². The standard InChI is InChI=1S/C14H20N10O2/c1-8(2)26-13-15-11(23-5-4-9(25)6-23)10-12(16-13)24(22-17-10)7-14(3)18-20-21-19-14/h8-9,25H,4-7H2,1-3H3. The molecule has 0 bridgehead atoms. The highest BCUT2D eigenvalue weighted by Gasteiger charge is 2.31. The number of aliphatic hydroxyl groups is 1. The van der Waals surface area contributed by atoms with E-state index in [1.54, 1.807) is 11.6 Å². The molecule has 2 aromatic rings. The Balaban J connectivity index is 1.77. The number of hydrogen-bond donors (Lipinski definition) is 1. The van der Waals surface area contributed by atoms with Crippen molar-refractivity contribution in [2.45, 2.75) is 51.6 Å². The van der Waals surface area contributed by atoms with Crippen LogP contribution in [0.2, 0.25) is 0 Å². The van der Waals surface area contributed by atoms with Crippen molar-refractivity contribution in [2.24, 2.45) is 20.7 Å². The molecule has 1 saturated heterocycles. The lowest BCUT2D eigenvalue weighted by atomic mass is 10.2. The van der Waals surface area contributed by atoms with Crippen LogP contribution < -0.4 is 9.64 Å². The molecule has 12 heteroatoms. The predicted molar refractivity (Wildman–Crippen MR) is 89.8 cm³/mol. The monoisotopic (exact) mass is 360 g/mol. The normalized spacial score (nSPS) is 21.4. The summed E-state index contributed by atoms with van der Waals surface area (Å²) in [7, 11) is 0. The Morgan fingerprint density at radius 3 is 2.69 bits per heavy atom. The van der Waals surface area contributed by atoms with Gasteiger partial charge in [0.2, 0.25) is 5.66 Å². The second-order valence-corrected chi connectivity index (χ2v) is 6.90. The highest BCUT2D eigenvalue weighted by atomic mass is 16.5. The fraction of sp³-hybridized carbons (Fsp3) is 0.714. The van der Waals surface area contributed by atoms with Gasteiger partial charge in [0.25, 0.3) is 0 Å². The molecule has 4 heterocycles. The maximum Gasteiger partial charge on any atom is 0.320 e. The molecule has 12 nitrogen and oxygen atoms in total. The number of rotatable bonds is 5. The summed E-state index contributed by atoms with van der Waals surface area (Å²) in [4.78, 5) is 10.9. The van der Waals surface area contributed by atoms with Crippen molar-refractivity contribution in [1.29, 1.82) is 0 Å². The van der Waals surface area contributed by atoms with Crippen LogP contribution in [0.5, 0.6) is 6.01 Å². The fourth-order valence-electron chi connectivity index (χ4n) is 2.95. The van der Waals surface area contributed by atoms with Crippen LogP contribution in [0, 0.1) is 0 Å². The van der Waals surface area contributed by atoms with Gasteiger partial charge >= 0.3 is 6.01 Å². The number of hydrogen-bond acceptors (Lipinski definition) is 11. The van der Waals surface area contributed by atoms with Gasteiger partial charge in [0.15, 0.2) is 17.0 Å². The molecule has 4 rings (SSSR count). The number of aliphatic hydroxyl groups excluding tert-OH is 1. The average molecular weight is 360 g/mol. The number of nitrogens with zero attached hydrogens (tertiary/aromatic N) is 10. The summed E-state index contributed by atoms with van der Waals surface area (Å²) in [5.74, 6) is 0.605. The molecular weight excluding hydrogens is 340 g/mol. The van der Waals surface area contributed by atoms with Gasteiger partial charge in [0.05, 0.1) is 18.8 Å². The summed E-state index contributed by atoms with van der Waals surface area (Å²) in [5, 5.41) is 33.5. The summed E-state index contributed by atoms with van der Waals surface area (Å²) in [5.41, 5.74) is 0.227. The van der Waals surface area contributed by atoms with Crippen LogP contribution in [0.1, 0.15) is 27.2 Å². The molecule has 1 atom stereocenters. The highest BCUT2D eigenvalue weighted by molar-refractivity contribution is 5.83. The largest absolute Gasteiger partial charge is 0.461 e. The quantitative estimate of drug-likeness (QED) is 0.843. The van der Waals surface area contributed by atoms with Crippen molar-refractivity contribution < 1.29 is 9.84 Å². The van der Waals surface area contributed by atoms with Gasteiger partial charge in [0, 0.05) is 13.1 Å². The van der Waals surface area contributed by atoms with E-state index in [4.69, 9.17) is 4.74 Å². The van der Waals surface area contributed by atoms with Crippen molar-refractivity contribution in [1.82, 2.24) is 25.0 Å². The van der Waals surface area contributed by atoms with Crippen LogP contribution in [0.15, 0.2) is 20.7 Å². The van der Waals surface area contributed by atoms with Crippen molar-refractivity contribution in [3.63, 3.8) is 0 Å². The van der Waals surface area contributed by atoms with Crippen molar-refractivity contribution in [3.8, 4) is 6.01 Å². The summed E-state index contributed by atoms with van der Waals surface area (Å²) in [6.45, 7) is 7.06. The van der Waals surface area contributed by atoms with Gasteiger partial charge in [-0.05, 0) is 37.6 Å². The molecule has 0 saturated carbocycles. The Morgan fingerprint density at radius 1 is 1.27 bits per heavy atom. The fourth-order valence-corrected chi connectivity index (χ4v) is 2.95. The molecule has 0 aliphatic carbocycles. The maximum atomic E-state index is 9.87. The molecule has 1 fully saturated rings. The summed E-state index contributed by atoms with van der Waals surface area (Å²) in [6.07, 6.45) is 0.213. The van der Waals surface area contributed by atoms with E-state index in [0.29, 0.717) is 36.5 Å². The molecule has 0 aromatic carbocycles. The van der Waals surface area contributed by atoms with Crippen molar-refractivity contribution in [3.05, 3.63) is 0 Å². The van der Waals surface area contributed by atoms with Crippen LogP contribution in [-0.2, 0) is 6.54 Å². The Bertz CT molecular complexity index is 864. The van der Waals surface area contributed by atoms with Gasteiger partial charge in [-0.2, -0.15) is 9.97 Å². The Hall–Kier alpha value is -2.76. The first-order valence-corrected chi connectivity index (χ1v) is 8.48. The molecule has 1 N–H and O–H groups in total. The molecule has 2 aliphatic rings. The summed E-state index contributed by atoms with van der Waals surface area (Å²) in [6, 6.07) is 0.243. The zero-order valence-electron chi connectivity index (χ0n) is 14.8. The lowest BCUT2D eigenvalue weighted by Gasteiger charge is -2.18. The first-order chi connectivity index (χ1) is 12.4. The lowest BCUT2D eigenvalue weighted by Crippen LogP contribution is -2.25. The van der Waals surface area contributed by atoms with Gasteiger partial charge in [0.1, 0.15) is 0 Å². The molecular formula is C14H20N10O2. The minimum absolute atomic E-state index is 0.0799. The van der Waals surface area contributed by atoms with E-state index in [0.717, 1.165) is 0 Å². The van der Waals surface area contributed by atoms with Gasteiger partial charge in [-0.15, -0.1) is 15.3 Å². The van der Waals surface area contributed by atoms with Crippen LogP contribution in [0.3, 0.4) is 0 Å². The second-order valence-electron chi connectivity index (χ2n) is 6.90. The summed E-state index contributed by atoms with van der Waals surface area (Å²) >= 11 is 0. The number of aromatic nitrogens is 5. The van der Waals surface area contributed by atoms with Crippen LogP contribution in [0.4, 0.5) is 5.82 Å². The molecule has 0 spiro atoms. The van der Waals surface area contributed by atoms with Gasteiger partial charge < -0.3 is 14.7 Å². The zero-order valence-corrected chi connectivity index (χ0v) is 14.8. The molecule has 138 valence electrons. The third-order valence-electron chi connectivity index (χ3n) is 4.14. The Morgan fingerprint density at radius 2 is 2.04 bits per heavy atom. The molecule has 2 aromatic heterocycles. The van der Waals surface area contributed by atoms with Crippen molar-refractivity contribution in [2.75, 3.05) is 18.0 Å². The first kappa shape index (κ1) is 16.7. The van der Waals surface area contributed by atoms with E-state index in [1.165, 1.54) is 0 Å². The molecule has 1 unspecified atom stereocenters. The van der Waals surface area contributed by atoms with E-state index >= 15 is 0 Å². The molecule has 0 radical (unpaired) electrons. The average Bonchev–Trinajstić information content (AvgIpc) is 3.28. The molecule has 0 amide bonds. The summed E-state index contributed by atoms with van der Waals surface area (Å²) < 4.78 is 7.31. The number of β-amino-alcohol motifs (C(OH)–C–C–N with tert-alkyl or cyclic N) is 1. The van der Waals surface area contributed by atoms with Crippen LogP contribution in [0.25, 0.3) is 11.2 Å². The van der Waals surface area contributed by atoms with Gasteiger partial charge in [-0.1, -0.05) is 5.21 Å². The van der Waals surface area contributed by atoms with E-state index in [2.05, 4.69) is 41.0 Å². The third-order valence-corrected chi connectivity index (χ3v) is 4.14. The maximum absolute atomic E-state index is 9.87. The minimum Gasteiger partial charge on any atom is -0.461 e. The van der Waals surface area contributed by atoms with Gasteiger partial charge in [-0.3, -0.25) is 0 Å². The molecule has 2 aliphatic heterocycles. The minimum atomic E-state index is -0.839. The van der Waals surface area contributed by atoms with E-state index < -0.39 is 5.66 Å². The Labute approximate surface area is 149 Å².